The van der Waals surface area contributed by atoms with Crippen LogP contribution in [0.2, 0.25) is 0 Å². The lowest BCUT2D eigenvalue weighted by molar-refractivity contribution is -0.137. The molecule has 1 atom stereocenters. The highest BCUT2D eigenvalue weighted by Gasteiger charge is 2.07. The zero-order chi connectivity index (χ0) is 10.8. The Hall–Kier alpha value is 0.0900. The van der Waals surface area contributed by atoms with E-state index in [0.29, 0.717) is 5.25 Å². The van der Waals surface area contributed by atoms with Crippen molar-refractivity contribution in [3.8, 4) is 0 Å². The first-order chi connectivity index (χ1) is 6.70. The molecule has 0 spiro atoms. The molecule has 0 aromatic carbocycles. The number of nitrogens with two attached hydrogens (primary N) is 2. The zero-order valence-electron chi connectivity index (χ0n) is 8.15. The Kier molecular flexibility index (Phi) is 9.70. The molecule has 0 saturated heterocycles. The normalized spacial score (nSPS) is 12.7. The largest absolute Gasteiger partial charge is 0.481 e. The standard InChI is InChI=1S/C8H18N2O2S2/c9-13-6-5-7(14-10)3-1-2-4-8(11)12/h7H,1-6,9-10H2,(H,11,12). The van der Waals surface area contributed by atoms with Gasteiger partial charge in [0.05, 0.1) is 0 Å². The van der Waals surface area contributed by atoms with Crippen LogP contribution in [0.3, 0.4) is 0 Å². The first kappa shape index (κ1) is 14.1. The van der Waals surface area contributed by atoms with Crippen LogP contribution in [0, 0.1) is 0 Å². The molecule has 1 unspecified atom stereocenters. The van der Waals surface area contributed by atoms with E-state index in [0.717, 1.165) is 31.4 Å². The summed E-state index contributed by atoms with van der Waals surface area (Å²) in [5, 5.41) is 19.7. The molecular formula is C8H18N2O2S2. The van der Waals surface area contributed by atoms with E-state index >= 15 is 0 Å². The third-order valence-electron chi connectivity index (χ3n) is 1.92. The van der Waals surface area contributed by atoms with Crippen LogP contribution in [0.1, 0.15) is 32.1 Å². The first-order valence-electron chi connectivity index (χ1n) is 4.59. The van der Waals surface area contributed by atoms with Crippen molar-refractivity contribution < 1.29 is 9.90 Å². The summed E-state index contributed by atoms with van der Waals surface area (Å²) in [4.78, 5) is 10.2. The zero-order valence-corrected chi connectivity index (χ0v) is 9.78. The van der Waals surface area contributed by atoms with Crippen LogP contribution in [-0.2, 0) is 4.79 Å². The lowest BCUT2D eigenvalue weighted by Crippen LogP contribution is -2.08. The Bertz CT molecular complexity index is 158. The molecule has 84 valence electrons. The predicted octanol–water partition coefficient (Wildman–Crippen LogP) is 1.60. The monoisotopic (exact) mass is 238 g/mol. The van der Waals surface area contributed by atoms with Crippen molar-refractivity contribution >= 4 is 29.9 Å². The predicted molar refractivity (Wildman–Crippen MR) is 62.9 cm³/mol. The van der Waals surface area contributed by atoms with E-state index in [1.54, 1.807) is 0 Å². The van der Waals surface area contributed by atoms with Gasteiger partial charge in [-0.1, -0.05) is 30.3 Å². The van der Waals surface area contributed by atoms with Crippen LogP contribution in [0.25, 0.3) is 0 Å². The quantitative estimate of drug-likeness (QED) is 0.417. The minimum absolute atomic E-state index is 0.258. The van der Waals surface area contributed by atoms with Crippen LogP contribution >= 0.6 is 23.9 Å². The summed E-state index contributed by atoms with van der Waals surface area (Å²) in [5.41, 5.74) is 0. The molecule has 4 nitrogen and oxygen atoms in total. The van der Waals surface area contributed by atoms with Crippen molar-refractivity contribution in [1.82, 2.24) is 0 Å². The van der Waals surface area contributed by atoms with Gasteiger partial charge in [-0.3, -0.25) is 15.1 Å². The van der Waals surface area contributed by atoms with Crippen LogP contribution in [0.5, 0.6) is 0 Å². The fourth-order valence-electron chi connectivity index (χ4n) is 1.13. The first-order valence-corrected chi connectivity index (χ1v) is 6.59. The molecule has 0 rings (SSSR count). The van der Waals surface area contributed by atoms with Gasteiger partial charge >= 0.3 is 5.97 Å². The molecule has 0 fully saturated rings. The number of hydrogen-bond donors (Lipinski definition) is 3. The van der Waals surface area contributed by atoms with Crippen molar-refractivity contribution in [2.24, 2.45) is 10.3 Å². The Balaban J connectivity index is 3.37. The van der Waals surface area contributed by atoms with Gasteiger partial charge in [-0.25, -0.2) is 0 Å². The van der Waals surface area contributed by atoms with E-state index in [4.69, 9.17) is 15.4 Å². The van der Waals surface area contributed by atoms with Gasteiger partial charge in [-0.05, 0) is 19.3 Å². The molecule has 14 heavy (non-hydrogen) atoms. The van der Waals surface area contributed by atoms with Crippen LogP contribution < -0.4 is 10.3 Å². The lowest BCUT2D eigenvalue weighted by Gasteiger charge is -2.11. The number of carboxylic acid groups (broad SMARTS) is 1. The third-order valence-corrected chi connectivity index (χ3v) is 3.24. The summed E-state index contributed by atoms with van der Waals surface area (Å²) in [7, 11) is 0. The number of hydrogen-bond acceptors (Lipinski definition) is 5. The Morgan fingerprint density at radius 2 is 2.00 bits per heavy atom. The fourth-order valence-corrected chi connectivity index (χ4v) is 2.25. The summed E-state index contributed by atoms with van der Waals surface area (Å²) in [6, 6.07) is 0. The van der Waals surface area contributed by atoms with Crippen molar-refractivity contribution in [2.75, 3.05) is 5.75 Å². The van der Waals surface area contributed by atoms with E-state index in [1.807, 2.05) is 0 Å². The fraction of sp³-hybridized carbons (Fsp3) is 0.875. The molecular weight excluding hydrogens is 220 g/mol. The number of carboxylic acids is 1. The molecule has 5 N–H and O–H groups in total. The number of carbonyl (C=O) groups is 1. The molecule has 0 heterocycles. The van der Waals surface area contributed by atoms with E-state index in [9.17, 15) is 4.79 Å². The molecule has 0 amide bonds. The maximum absolute atomic E-state index is 10.2. The smallest absolute Gasteiger partial charge is 0.303 e. The minimum Gasteiger partial charge on any atom is -0.481 e. The molecule has 6 heteroatoms. The van der Waals surface area contributed by atoms with Gasteiger partial charge in [-0.2, -0.15) is 0 Å². The highest BCUT2D eigenvalue weighted by molar-refractivity contribution is 7.98. The van der Waals surface area contributed by atoms with E-state index in [-0.39, 0.29) is 6.42 Å². The highest BCUT2D eigenvalue weighted by atomic mass is 32.2. The average molecular weight is 238 g/mol. The molecule has 0 aliphatic carbocycles. The second-order valence-corrected chi connectivity index (χ2v) is 4.74. The van der Waals surface area contributed by atoms with Crippen LogP contribution in [0.15, 0.2) is 0 Å². The summed E-state index contributed by atoms with van der Waals surface area (Å²) < 4.78 is 0. The molecule has 0 aliphatic heterocycles. The SMILES string of the molecule is NSCCC(CCCCC(=O)O)SN. The van der Waals surface area contributed by atoms with Crippen molar-refractivity contribution in [3.63, 3.8) is 0 Å². The summed E-state index contributed by atoms with van der Waals surface area (Å²) in [6.45, 7) is 0. The second kappa shape index (κ2) is 9.64. The molecule has 0 saturated carbocycles. The Morgan fingerprint density at radius 3 is 2.50 bits per heavy atom. The van der Waals surface area contributed by atoms with Crippen molar-refractivity contribution in [2.45, 2.75) is 37.4 Å². The van der Waals surface area contributed by atoms with Crippen molar-refractivity contribution in [3.05, 3.63) is 0 Å². The highest BCUT2D eigenvalue weighted by Crippen LogP contribution is 2.17. The molecule has 0 bridgehead atoms. The Morgan fingerprint density at radius 1 is 1.29 bits per heavy atom. The number of unbranched alkanes of at least 4 members (excludes halogenated alkanes) is 1. The van der Waals surface area contributed by atoms with E-state index < -0.39 is 5.97 Å². The minimum atomic E-state index is -0.723. The molecule has 0 aliphatic rings. The van der Waals surface area contributed by atoms with E-state index in [1.165, 1.54) is 23.9 Å². The van der Waals surface area contributed by atoms with Gasteiger partial charge in [0.2, 0.25) is 0 Å². The van der Waals surface area contributed by atoms with Gasteiger partial charge in [0.1, 0.15) is 0 Å². The van der Waals surface area contributed by atoms with Gasteiger partial charge in [0.25, 0.3) is 0 Å². The second-order valence-electron chi connectivity index (χ2n) is 3.06. The number of aliphatic carboxylic acids is 1. The summed E-state index contributed by atoms with van der Waals surface area (Å²) in [6.07, 6.45) is 3.90. The number of rotatable bonds is 9. The average Bonchev–Trinajstić information content (AvgIpc) is 2.16. The summed E-state index contributed by atoms with van der Waals surface area (Å²) in [5.74, 6) is 0.188. The van der Waals surface area contributed by atoms with Crippen molar-refractivity contribution in [1.29, 1.82) is 0 Å². The maximum atomic E-state index is 10.2. The van der Waals surface area contributed by atoms with Crippen LogP contribution in [0.4, 0.5) is 0 Å². The molecule has 0 radical (unpaired) electrons. The molecule has 0 aromatic rings. The van der Waals surface area contributed by atoms with Gasteiger partial charge in [0.15, 0.2) is 0 Å². The third kappa shape index (κ3) is 8.68. The van der Waals surface area contributed by atoms with Gasteiger partial charge in [0, 0.05) is 17.4 Å². The van der Waals surface area contributed by atoms with Gasteiger partial charge in [-0.15, -0.1) is 0 Å². The topological polar surface area (TPSA) is 89.3 Å². The maximum Gasteiger partial charge on any atom is 0.303 e. The van der Waals surface area contributed by atoms with Crippen LogP contribution in [-0.4, -0.2) is 22.1 Å². The van der Waals surface area contributed by atoms with Gasteiger partial charge < -0.3 is 5.11 Å². The summed E-state index contributed by atoms with van der Waals surface area (Å²) >= 11 is 2.68. The Labute approximate surface area is 93.4 Å². The lowest BCUT2D eigenvalue weighted by atomic mass is 10.1. The van der Waals surface area contributed by atoms with E-state index in [2.05, 4.69) is 0 Å². The molecule has 0 aromatic heterocycles.